The number of likely N-dealkylation sites (tertiary alicyclic amines) is 1. The molecular formula is C24H27N3O4. The van der Waals surface area contributed by atoms with Crippen LogP contribution >= 0.6 is 0 Å². The van der Waals surface area contributed by atoms with Crippen LogP contribution in [0.2, 0.25) is 0 Å². The number of ether oxygens (including phenoxy) is 2. The second-order valence-electron chi connectivity index (χ2n) is 7.84. The first kappa shape index (κ1) is 20.8. The number of carbonyl (C=O) groups excluding carboxylic acids is 2. The highest BCUT2D eigenvalue weighted by atomic mass is 16.5. The molecule has 2 aliphatic rings. The molecule has 7 heteroatoms. The number of hydrogen-bond donors (Lipinski definition) is 0. The number of carbonyl (C=O) groups is 2. The van der Waals surface area contributed by atoms with Crippen molar-refractivity contribution in [2.75, 3.05) is 51.2 Å². The fourth-order valence-corrected chi connectivity index (χ4v) is 4.14. The molecule has 0 saturated carbocycles. The molecule has 4 rings (SSSR count). The number of rotatable bonds is 6. The zero-order chi connectivity index (χ0) is 22.1. The van der Waals surface area contributed by atoms with E-state index in [1.54, 1.807) is 32.4 Å². The van der Waals surface area contributed by atoms with Crippen LogP contribution in [0.3, 0.4) is 0 Å². The molecule has 0 bridgehead atoms. The Morgan fingerprint density at radius 2 is 1.48 bits per heavy atom. The van der Waals surface area contributed by atoms with Crippen LogP contribution in [-0.2, 0) is 9.59 Å². The first-order valence-corrected chi connectivity index (χ1v) is 10.3. The summed E-state index contributed by atoms with van der Waals surface area (Å²) in [5.41, 5.74) is 3.07. The van der Waals surface area contributed by atoms with E-state index in [0.717, 1.165) is 31.6 Å². The number of imide groups is 1. The highest BCUT2D eigenvalue weighted by molar-refractivity contribution is 6.45. The Morgan fingerprint density at radius 1 is 0.839 bits per heavy atom. The summed E-state index contributed by atoms with van der Waals surface area (Å²) in [6.45, 7) is 1.52. The molecule has 0 aliphatic carbocycles. The third-order valence-corrected chi connectivity index (χ3v) is 5.78. The Hall–Kier alpha value is -3.48. The number of benzene rings is 2. The molecule has 1 saturated heterocycles. The predicted molar refractivity (Wildman–Crippen MR) is 121 cm³/mol. The van der Waals surface area contributed by atoms with E-state index in [9.17, 15) is 9.59 Å². The topological polar surface area (TPSA) is 62.3 Å². The zero-order valence-corrected chi connectivity index (χ0v) is 18.3. The van der Waals surface area contributed by atoms with Crippen LogP contribution in [0.5, 0.6) is 11.5 Å². The second-order valence-corrected chi connectivity index (χ2v) is 7.84. The van der Waals surface area contributed by atoms with Crippen LogP contribution < -0.4 is 19.3 Å². The first-order chi connectivity index (χ1) is 15.0. The Bertz CT molecular complexity index is 1040. The maximum atomic E-state index is 13.6. The lowest BCUT2D eigenvalue weighted by atomic mass is 10.0. The molecule has 0 radical (unpaired) electrons. The molecule has 162 valence electrons. The summed E-state index contributed by atoms with van der Waals surface area (Å²) in [6, 6.07) is 12.7. The third kappa shape index (κ3) is 3.60. The lowest BCUT2D eigenvalue weighted by Crippen LogP contribution is -2.34. The number of nitrogens with zero attached hydrogens (tertiary/aromatic N) is 3. The highest BCUT2D eigenvalue weighted by Gasteiger charge is 2.43. The van der Waals surface area contributed by atoms with E-state index in [4.69, 9.17) is 9.47 Å². The van der Waals surface area contributed by atoms with E-state index in [1.165, 1.54) is 4.90 Å². The Labute approximate surface area is 182 Å². The number of amides is 2. The average molecular weight is 421 g/mol. The van der Waals surface area contributed by atoms with Crippen molar-refractivity contribution >= 4 is 28.8 Å². The van der Waals surface area contributed by atoms with Crippen LogP contribution in [0.25, 0.3) is 5.57 Å². The van der Waals surface area contributed by atoms with Gasteiger partial charge < -0.3 is 19.3 Å². The number of anilines is 2. The molecular weight excluding hydrogens is 394 g/mol. The van der Waals surface area contributed by atoms with E-state index in [2.05, 4.69) is 0 Å². The van der Waals surface area contributed by atoms with Gasteiger partial charge in [0.15, 0.2) is 11.5 Å². The molecule has 1 fully saturated rings. The average Bonchev–Trinajstić information content (AvgIpc) is 3.39. The van der Waals surface area contributed by atoms with Crippen LogP contribution in [0, 0.1) is 0 Å². The van der Waals surface area contributed by atoms with Crippen molar-refractivity contribution in [3.05, 3.63) is 53.7 Å². The van der Waals surface area contributed by atoms with Crippen molar-refractivity contribution in [1.82, 2.24) is 4.90 Å². The normalized spacial score (nSPS) is 16.4. The lowest BCUT2D eigenvalue weighted by molar-refractivity contribution is -0.120. The maximum absolute atomic E-state index is 13.6. The van der Waals surface area contributed by atoms with Gasteiger partial charge in [0.05, 0.1) is 25.5 Å². The van der Waals surface area contributed by atoms with Gasteiger partial charge in [-0.25, -0.2) is 4.90 Å². The molecule has 0 N–H and O–H groups in total. The molecule has 2 amide bonds. The molecule has 0 atom stereocenters. The molecule has 0 spiro atoms. The highest BCUT2D eigenvalue weighted by Crippen LogP contribution is 2.39. The van der Waals surface area contributed by atoms with Gasteiger partial charge in [0.25, 0.3) is 11.8 Å². The van der Waals surface area contributed by atoms with E-state index < -0.39 is 0 Å². The van der Waals surface area contributed by atoms with Gasteiger partial charge in [0.1, 0.15) is 5.70 Å². The van der Waals surface area contributed by atoms with E-state index in [-0.39, 0.29) is 11.8 Å². The Balaban J connectivity index is 1.80. The Kier molecular flexibility index (Phi) is 5.59. The van der Waals surface area contributed by atoms with Crippen molar-refractivity contribution in [3.8, 4) is 11.5 Å². The minimum absolute atomic E-state index is 0.283. The van der Waals surface area contributed by atoms with Crippen molar-refractivity contribution in [2.45, 2.75) is 12.8 Å². The monoisotopic (exact) mass is 421 g/mol. The summed E-state index contributed by atoms with van der Waals surface area (Å²) >= 11 is 0. The second kappa shape index (κ2) is 8.34. The lowest BCUT2D eigenvalue weighted by Gasteiger charge is -2.21. The molecule has 2 heterocycles. The van der Waals surface area contributed by atoms with Crippen LogP contribution in [-0.4, -0.2) is 58.1 Å². The van der Waals surface area contributed by atoms with Crippen molar-refractivity contribution in [1.29, 1.82) is 0 Å². The van der Waals surface area contributed by atoms with Gasteiger partial charge in [-0.3, -0.25) is 9.59 Å². The molecule has 2 aliphatic heterocycles. The Morgan fingerprint density at radius 3 is 2.06 bits per heavy atom. The smallest absolute Gasteiger partial charge is 0.282 e. The summed E-state index contributed by atoms with van der Waals surface area (Å²) in [4.78, 5) is 32.4. The SMILES string of the molecule is COc1ccc(C2=C(N3CCCC3)C(=O)N(c3ccc(N(C)C)cc3)C2=O)cc1OC. The predicted octanol–water partition coefficient (Wildman–Crippen LogP) is 3.15. The van der Waals surface area contributed by atoms with Gasteiger partial charge in [0.2, 0.25) is 0 Å². The molecule has 0 aromatic heterocycles. The zero-order valence-electron chi connectivity index (χ0n) is 18.3. The van der Waals surface area contributed by atoms with Crippen LogP contribution in [0.4, 0.5) is 11.4 Å². The number of hydrogen-bond acceptors (Lipinski definition) is 6. The minimum atomic E-state index is -0.322. The molecule has 2 aromatic rings. The van der Waals surface area contributed by atoms with Crippen molar-refractivity contribution in [3.63, 3.8) is 0 Å². The van der Waals surface area contributed by atoms with Crippen molar-refractivity contribution < 1.29 is 19.1 Å². The summed E-state index contributed by atoms with van der Waals surface area (Å²) in [5, 5.41) is 0. The summed E-state index contributed by atoms with van der Waals surface area (Å²) in [5.74, 6) is 0.482. The standard InChI is InChI=1S/C24H27N3O4/c1-25(2)17-8-10-18(11-9-17)27-23(28)21(22(24(27)29)26-13-5-6-14-26)16-7-12-19(30-3)20(15-16)31-4/h7-12,15H,5-6,13-14H2,1-4H3. The fraction of sp³-hybridized carbons (Fsp3) is 0.333. The first-order valence-electron chi connectivity index (χ1n) is 10.3. The van der Waals surface area contributed by atoms with Crippen molar-refractivity contribution in [2.24, 2.45) is 0 Å². The fourth-order valence-electron chi connectivity index (χ4n) is 4.14. The molecule has 7 nitrogen and oxygen atoms in total. The summed E-state index contributed by atoms with van der Waals surface area (Å²) in [6.07, 6.45) is 2.00. The van der Waals surface area contributed by atoms with E-state index in [1.807, 2.05) is 48.2 Å². The maximum Gasteiger partial charge on any atom is 0.282 e. The summed E-state index contributed by atoms with van der Waals surface area (Å²) < 4.78 is 10.8. The summed E-state index contributed by atoms with van der Waals surface area (Å²) in [7, 11) is 7.01. The molecule has 0 unspecified atom stereocenters. The van der Waals surface area contributed by atoms with Crippen LogP contribution in [0.15, 0.2) is 48.2 Å². The minimum Gasteiger partial charge on any atom is -0.493 e. The van der Waals surface area contributed by atoms with Gasteiger partial charge in [-0.1, -0.05) is 6.07 Å². The third-order valence-electron chi connectivity index (χ3n) is 5.78. The van der Waals surface area contributed by atoms with Gasteiger partial charge in [-0.15, -0.1) is 0 Å². The van der Waals surface area contributed by atoms with Gasteiger partial charge >= 0.3 is 0 Å². The van der Waals surface area contributed by atoms with E-state index in [0.29, 0.717) is 34.0 Å². The van der Waals surface area contributed by atoms with Crippen LogP contribution in [0.1, 0.15) is 18.4 Å². The van der Waals surface area contributed by atoms with Gasteiger partial charge in [0, 0.05) is 32.9 Å². The number of methoxy groups -OCH3 is 2. The largest absolute Gasteiger partial charge is 0.493 e. The van der Waals surface area contributed by atoms with Gasteiger partial charge in [-0.05, 0) is 54.8 Å². The molecule has 31 heavy (non-hydrogen) atoms. The molecule has 2 aromatic carbocycles. The quantitative estimate of drug-likeness (QED) is 0.668. The van der Waals surface area contributed by atoms with E-state index >= 15 is 0 Å². The van der Waals surface area contributed by atoms with Gasteiger partial charge in [-0.2, -0.15) is 0 Å².